The second-order valence-electron chi connectivity index (χ2n) is 7.98. The number of esters is 1. The van der Waals surface area contributed by atoms with E-state index in [1.807, 2.05) is 0 Å². The molecule has 0 aromatic carbocycles. The second-order valence-corrected chi connectivity index (χ2v) is 9.39. The van der Waals surface area contributed by atoms with Gasteiger partial charge in [-0.2, -0.15) is 0 Å². The number of rotatable bonds is 21. The Bertz CT molecular complexity index is 463. The molecular weight excluding hydrogens is 409 g/mol. The summed E-state index contributed by atoms with van der Waals surface area (Å²) in [5.41, 5.74) is 0. The Labute approximate surface area is 182 Å². The van der Waals surface area contributed by atoms with Gasteiger partial charge in [0.15, 0.2) is 0 Å². The molecule has 0 radical (unpaired) electrons. The van der Waals surface area contributed by atoms with Crippen molar-refractivity contribution in [2.75, 3.05) is 40.5 Å². The van der Waals surface area contributed by atoms with Crippen molar-refractivity contribution in [3.8, 4) is 0 Å². The minimum absolute atomic E-state index is 0.0115. The predicted molar refractivity (Wildman–Crippen MR) is 118 cm³/mol. The molecule has 0 saturated carbocycles. The van der Waals surface area contributed by atoms with Gasteiger partial charge >= 0.3 is 13.8 Å². The van der Waals surface area contributed by atoms with Crippen molar-refractivity contribution in [2.45, 2.75) is 90.1 Å². The van der Waals surface area contributed by atoms with Crippen LogP contribution in [0.15, 0.2) is 0 Å². The fourth-order valence-electron chi connectivity index (χ4n) is 2.87. The van der Waals surface area contributed by atoms with Gasteiger partial charge < -0.3 is 19.6 Å². The molecule has 0 aliphatic carbocycles. The largest absolute Gasteiger partial charge is 0.472 e. The first-order valence-corrected chi connectivity index (χ1v) is 12.9. The van der Waals surface area contributed by atoms with Gasteiger partial charge in [-0.05, 0) is 20.5 Å². The third-order valence-corrected chi connectivity index (χ3v) is 5.77. The van der Waals surface area contributed by atoms with Crippen LogP contribution in [-0.4, -0.2) is 67.4 Å². The Morgan fingerprint density at radius 1 is 0.967 bits per heavy atom. The summed E-state index contributed by atoms with van der Waals surface area (Å²) < 4.78 is 26.6. The zero-order valence-corrected chi connectivity index (χ0v) is 20.1. The number of likely N-dealkylation sites (N-methyl/N-ethyl adjacent to an activating group) is 1. The molecule has 8 nitrogen and oxygen atoms in total. The summed E-state index contributed by atoms with van der Waals surface area (Å²) in [4.78, 5) is 23.3. The zero-order valence-electron chi connectivity index (χ0n) is 19.2. The van der Waals surface area contributed by atoms with Crippen LogP contribution in [0.4, 0.5) is 0 Å². The molecule has 0 rings (SSSR count). The van der Waals surface area contributed by atoms with Crippen LogP contribution in [0, 0.1) is 0 Å². The van der Waals surface area contributed by atoms with Gasteiger partial charge in [0, 0.05) is 13.0 Å². The molecule has 2 N–H and O–H groups in total. The number of phosphoric acid groups is 1. The maximum absolute atomic E-state index is 11.8. The number of unbranched alkanes of at least 4 members (excludes halogenated alkanes) is 10. The van der Waals surface area contributed by atoms with E-state index in [1.165, 1.54) is 51.4 Å². The molecule has 0 aromatic heterocycles. The highest BCUT2D eigenvalue weighted by Crippen LogP contribution is 2.44. The third-order valence-electron chi connectivity index (χ3n) is 4.69. The summed E-state index contributed by atoms with van der Waals surface area (Å²) in [5, 5.41) is 9.28. The van der Waals surface area contributed by atoms with E-state index >= 15 is 0 Å². The van der Waals surface area contributed by atoms with Crippen molar-refractivity contribution in [3.05, 3.63) is 0 Å². The number of phosphoric ester groups is 1. The molecule has 0 bridgehead atoms. The predicted octanol–water partition coefficient (Wildman–Crippen LogP) is 4.29. The van der Waals surface area contributed by atoms with Crippen LogP contribution in [0.5, 0.6) is 0 Å². The standard InChI is InChI=1S/C21H44NO7P/c1-4-5-6-7-8-9-10-11-12-13-14-15-21(24)27-19-20(18-23)29-30(25,26)28-17-16-22(2)3/h20,23H,4-19H2,1-3H3,(H,25,26)/t20-/m0/s1. The molecule has 0 aliphatic heterocycles. The van der Waals surface area contributed by atoms with Gasteiger partial charge in [-0.25, -0.2) is 4.57 Å². The molecule has 2 atom stereocenters. The van der Waals surface area contributed by atoms with Crippen LogP contribution in [0.25, 0.3) is 0 Å². The Morgan fingerprint density at radius 3 is 2.00 bits per heavy atom. The van der Waals surface area contributed by atoms with Crippen LogP contribution in [-0.2, 0) is 23.1 Å². The van der Waals surface area contributed by atoms with Gasteiger partial charge in [0.25, 0.3) is 0 Å². The zero-order chi connectivity index (χ0) is 22.7. The van der Waals surface area contributed by atoms with E-state index in [4.69, 9.17) is 13.8 Å². The van der Waals surface area contributed by atoms with Crippen LogP contribution >= 0.6 is 7.82 Å². The Hall–Kier alpha value is -0.500. The van der Waals surface area contributed by atoms with Crippen LogP contribution in [0.3, 0.4) is 0 Å². The quantitative estimate of drug-likeness (QED) is 0.151. The fourth-order valence-corrected chi connectivity index (χ4v) is 3.74. The first-order chi connectivity index (χ1) is 14.3. The van der Waals surface area contributed by atoms with Crippen molar-refractivity contribution in [1.29, 1.82) is 0 Å². The number of carbonyl (C=O) groups is 1. The van der Waals surface area contributed by atoms with Crippen molar-refractivity contribution in [3.63, 3.8) is 0 Å². The summed E-state index contributed by atoms with van der Waals surface area (Å²) in [6.45, 7) is 1.86. The number of nitrogens with zero attached hydrogens (tertiary/aromatic N) is 1. The van der Waals surface area contributed by atoms with Crippen LogP contribution in [0.2, 0.25) is 0 Å². The van der Waals surface area contributed by atoms with E-state index in [0.717, 1.165) is 19.3 Å². The molecule has 0 amide bonds. The topological polar surface area (TPSA) is 106 Å². The van der Waals surface area contributed by atoms with Crippen LogP contribution < -0.4 is 0 Å². The third kappa shape index (κ3) is 19.5. The normalized spacial score (nSPS) is 14.6. The average Bonchev–Trinajstić information content (AvgIpc) is 2.68. The SMILES string of the molecule is CCCCCCCCCCCCCC(=O)OC[C@H](CO)OP(=O)(O)OCCN(C)C. The van der Waals surface area contributed by atoms with E-state index in [1.54, 1.807) is 19.0 Å². The molecule has 9 heteroatoms. The molecule has 0 heterocycles. The van der Waals surface area contributed by atoms with E-state index in [0.29, 0.717) is 13.0 Å². The van der Waals surface area contributed by atoms with Gasteiger partial charge in [0.1, 0.15) is 12.7 Å². The lowest BCUT2D eigenvalue weighted by Gasteiger charge is -2.19. The second kappa shape index (κ2) is 19.2. The fraction of sp³-hybridized carbons (Fsp3) is 0.952. The molecule has 0 saturated heterocycles. The van der Waals surface area contributed by atoms with Gasteiger partial charge in [0.05, 0.1) is 13.2 Å². The monoisotopic (exact) mass is 453 g/mol. The molecule has 1 unspecified atom stereocenters. The molecule has 0 aromatic rings. The van der Waals surface area contributed by atoms with E-state index in [-0.39, 0.29) is 13.2 Å². The van der Waals surface area contributed by atoms with Crippen molar-refractivity contribution < 1.29 is 33.1 Å². The average molecular weight is 454 g/mol. The summed E-state index contributed by atoms with van der Waals surface area (Å²) in [6, 6.07) is 0. The van der Waals surface area contributed by atoms with Gasteiger partial charge in [-0.3, -0.25) is 13.8 Å². The smallest absolute Gasteiger partial charge is 0.463 e. The minimum Gasteiger partial charge on any atom is -0.463 e. The molecule has 0 fully saturated rings. The lowest BCUT2D eigenvalue weighted by molar-refractivity contribution is -0.147. The first-order valence-electron chi connectivity index (χ1n) is 11.4. The van der Waals surface area contributed by atoms with Crippen molar-refractivity contribution in [1.82, 2.24) is 4.90 Å². The van der Waals surface area contributed by atoms with Crippen molar-refractivity contribution >= 4 is 13.8 Å². The van der Waals surface area contributed by atoms with E-state index in [9.17, 15) is 19.4 Å². The molecule has 30 heavy (non-hydrogen) atoms. The molecule has 0 spiro atoms. The Balaban J connectivity index is 3.74. The summed E-state index contributed by atoms with van der Waals surface area (Å²) in [7, 11) is -0.700. The van der Waals surface area contributed by atoms with E-state index in [2.05, 4.69) is 6.92 Å². The number of aliphatic hydroxyl groups excluding tert-OH is 1. The maximum Gasteiger partial charge on any atom is 0.472 e. The number of hydrogen-bond donors (Lipinski definition) is 2. The number of carbonyl (C=O) groups excluding carboxylic acids is 1. The molecule has 180 valence electrons. The van der Waals surface area contributed by atoms with Gasteiger partial charge in [0.2, 0.25) is 0 Å². The highest BCUT2D eigenvalue weighted by atomic mass is 31.2. The first kappa shape index (κ1) is 29.5. The number of aliphatic hydroxyl groups is 1. The highest BCUT2D eigenvalue weighted by molar-refractivity contribution is 7.47. The molecule has 0 aliphatic rings. The van der Waals surface area contributed by atoms with Gasteiger partial charge in [-0.15, -0.1) is 0 Å². The maximum atomic E-state index is 11.8. The Kier molecular flexibility index (Phi) is 18.9. The van der Waals surface area contributed by atoms with Gasteiger partial charge in [-0.1, -0.05) is 71.1 Å². The molecular formula is C21H44NO7P. The summed E-state index contributed by atoms with van der Waals surface area (Å²) in [6.07, 6.45) is 12.4. The minimum atomic E-state index is -4.31. The van der Waals surface area contributed by atoms with Crippen molar-refractivity contribution in [2.24, 2.45) is 0 Å². The van der Waals surface area contributed by atoms with E-state index < -0.39 is 26.5 Å². The number of hydrogen-bond acceptors (Lipinski definition) is 7. The highest BCUT2D eigenvalue weighted by Gasteiger charge is 2.27. The Morgan fingerprint density at radius 2 is 1.50 bits per heavy atom. The lowest BCUT2D eigenvalue weighted by Crippen LogP contribution is -2.26. The lowest BCUT2D eigenvalue weighted by atomic mass is 10.1. The summed E-state index contributed by atoms with van der Waals surface area (Å²) in [5.74, 6) is -0.394. The van der Waals surface area contributed by atoms with Crippen LogP contribution in [0.1, 0.15) is 84.0 Å². The summed E-state index contributed by atoms with van der Waals surface area (Å²) >= 11 is 0. The number of ether oxygens (including phenoxy) is 1.